The highest BCUT2D eigenvalue weighted by atomic mass is 16.5. The fourth-order valence-corrected chi connectivity index (χ4v) is 3.56. The molecule has 0 saturated carbocycles. The maximum Gasteiger partial charge on any atom is 0.258 e. The van der Waals surface area contributed by atoms with Gasteiger partial charge in [0.25, 0.3) is 5.89 Å². The van der Waals surface area contributed by atoms with Crippen molar-refractivity contribution in [2.75, 3.05) is 24.7 Å². The van der Waals surface area contributed by atoms with Crippen molar-refractivity contribution in [1.82, 2.24) is 10.1 Å². The second kappa shape index (κ2) is 8.57. The molecule has 3 aromatic rings. The van der Waals surface area contributed by atoms with Crippen LogP contribution in [0.2, 0.25) is 0 Å². The molecule has 0 aliphatic carbocycles. The highest BCUT2D eigenvalue weighted by Gasteiger charge is 2.34. The largest absolute Gasteiger partial charge is 0.490 e. The topological polar surface area (TPSA) is 77.7 Å². The molecule has 2 heterocycles. The molecule has 7 nitrogen and oxygen atoms in total. The number of hydrogen-bond acceptors (Lipinski definition) is 6. The number of amides is 1. The Morgan fingerprint density at radius 2 is 1.80 bits per heavy atom. The first-order chi connectivity index (χ1) is 14.6. The van der Waals surface area contributed by atoms with Crippen molar-refractivity contribution in [3.63, 3.8) is 0 Å². The zero-order chi connectivity index (χ0) is 21.1. The van der Waals surface area contributed by atoms with Gasteiger partial charge in [0.1, 0.15) is 0 Å². The quantitative estimate of drug-likeness (QED) is 0.579. The van der Waals surface area contributed by atoms with Gasteiger partial charge in [-0.25, -0.2) is 0 Å². The molecule has 1 amide bonds. The molecule has 2 aromatic carbocycles. The number of carbonyl (C=O) groups is 1. The van der Waals surface area contributed by atoms with Crippen molar-refractivity contribution in [2.45, 2.75) is 33.1 Å². The van der Waals surface area contributed by atoms with Crippen LogP contribution in [-0.4, -0.2) is 35.8 Å². The number of carbonyl (C=O) groups excluding carboxylic acids is 1. The minimum Gasteiger partial charge on any atom is -0.490 e. The predicted molar refractivity (Wildman–Crippen MR) is 113 cm³/mol. The summed E-state index contributed by atoms with van der Waals surface area (Å²) in [6, 6.07) is 13.5. The van der Waals surface area contributed by atoms with Crippen LogP contribution >= 0.6 is 0 Å². The molecule has 0 unspecified atom stereocenters. The summed E-state index contributed by atoms with van der Waals surface area (Å²) < 4.78 is 16.8. The van der Waals surface area contributed by atoms with Gasteiger partial charge in [0.15, 0.2) is 17.3 Å². The van der Waals surface area contributed by atoms with E-state index < -0.39 is 0 Å². The van der Waals surface area contributed by atoms with Crippen molar-refractivity contribution in [1.29, 1.82) is 0 Å². The minimum atomic E-state index is -0.106. The maximum absolute atomic E-state index is 12.5. The van der Waals surface area contributed by atoms with Gasteiger partial charge in [-0.05, 0) is 51.1 Å². The van der Waals surface area contributed by atoms with Gasteiger partial charge in [0.2, 0.25) is 5.91 Å². The molecule has 0 radical (unpaired) electrons. The smallest absolute Gasteiger partial charge is 0.258 e. The Bertz CT molecular complexity index is 1030. The van der Waals surface area contributed by atoms with Gasteiger partial charge in [0, 0.05) is 30.1 Å². The first kappa shape index (κ1) is 19.9. The molecular formula is C23H25N3O4. The van der Waals surface area contributed by atoms with Gasteiger partial charge in [-0.3, -0.25) is 4.79 Å². The number of ether oxygens (including phenoxy) is 2. The molecule has 1 fully saturated rings. The van der Waals surface area contributed by atoms with Crippen LogP contribution in [0.4, 0.5) is 5.69 Å². The molecule has 0 spiro atoms. The van der Waals surface area contributed by atoms with Crippen molar-refractivity contribution in [3.8, 4) is 23.0 Å². The lowest BCUT2D eigenvalue weighted by atomic mass is 10.1. The highest BCUT2D eigenvalue weighted by molar-refractivity contribution is 5.96. The van der Waals surface area contributed by atoms with E-state index in [0.717, 1.165) is 16.8 Å². The normalized spacial score (nSPS) is 16.2. The van der Waals surface area contributed by atoms with E-state index >= 15 is 0 Å². The number of nitrogens with zero attached hydrogens (tertiary/aromatic N) is 3. The summed E-state index contributed by atoms with van der Waals surface area (Å²) in [7, 11) is 0. The summed E-state index contributed by atoms with van der Waals surface area (Å²) >= 11 is 0. The van der Waals surface area contributed by atoms with E-state index in [9.17, 15) is 4.79 Å². The van der Waals surface area contributed by atoms with Crippen molar-refractivity contribution < 1.29 is 18.8 Å². The molecule has 1 aliphatic heterocycles. The molecular weight excluding hydrogens is 382 g/mol. The summed E-state index contributed by atoms with van der Waals surface area (Å²) in [6.07, 6.45) is 0.361. The molecule has 1 aromatic heterocycles. The van der Waals surface area contributed by atoms with Gasteiger partial charge in [-0.1, -0.05) is 22.9 Å². The van der Waals surface area contributed by atoms with E-state index in [1.54, 1.807) is 4.90 Å². The zero-order valence-electron chi connectivity index (χ0n) is 17.4. The lowest BCUT2D eigenvalue weighted by Gasteiger charge is -2.16. The van der Waals surface area contributed by atoms with Crippen LogP contribution in [0.5, 0.6) is 11.5 Å². The summed E-state index contributed by atoms with van der Waals surface area (Å²) in [5, 5.41) is 4.15. The first-order valence-corrected chi connectivity index (χ1v) is 10.2. The standard InChI is InChI=1S/C23H25N3O4/c1-4-28-19-11-8-16(12-20(19)29-5-2)23-24-22(25-30-23)17-13-21(27)26(14-17)18-9-6-15(3)7-10-18/h6-12,17H,4-5,13-14H2,1-3H3/t17-/m0/s1. The lowest BCUT2D eigenvalue weighted by Crippen LogP contribution is -2.24. The minimum absolute atomic E-state index is 0.0647. The van der Waals surface area contributed by atoms with Gasteiger partial charge < -0.3 is 18.9 Å². The first-order valence-electron chi connectivity index (χ1n) is 10.2. The molecule has 0 bridgehead atoms. The number of rotatable bonds is 7. The van der Waals surface area contributed by atoms with Crippen LogP contribution in [0.15, 0.2) is 47.0 Å². The Hall–Kier alpha value is -3.35. The van der Waals surface area contributed by atoms with Gasteiger partial charge >= 0.3 is 0 Å². The summed E-state index contributed by atoms with van der Waals surface area (Å²) in [6.45, 7) is 7.49. The van der Waals surface area contributed by atoms with Crippen LogP contribution in [0.25, 0.3) is 11.5 Å². The molecule has 1 atom stereocenters. The Morgan fingerprint density at radius 1 is 1.07 bits per heavy atom. The number of aryl methyl sites for hydroxylation is 1. The number of benzene rings is 2. The van der Waals surface area contributed by atoms with E-state index in [-0.39, 0.29) is 11.8 Å². The Labute approximate surface area is 175 Å². The second-order valence-electron chi connectivity index (χ2n) is 7.23. The van der Waals surface area contributed by atoms with E-state index in [1.165, 1.54) is 0 Å². The van der Waals surface area contributed by atoms with Crippen LogP contribution in [0, 0.1) is 6.92 Å². The third-order valence-corrected chi connectivity index (χ3v) is 5.07. The second-order valence-corrected chi connectivity index (χ2v) is 7.23. The zero-order valence-corrected chi connectivity index (χ0v) is 17.4. The van der Waals surface area contributed by atoms with Gasteiger partial charge in [0.05, 0.1) is 13.2 Å². The Balaban J connectivity index is 1.54. The maximum atomic E-state index is 12.5. The third kappa shape index (κ3) is 4.01. The molecule has 7 heteroatoms. The van der Waals surface area contributed by atoms with Crippen molar-refractivity contribution >= 4 is 11.6 Å². The van der Waals surface area contributed by atoms with Crippen LogP contribution in [0.1, 0.15) is 37.6 Å². The Morgan fingerprint density at radius 3 is 2.53 bits per heavy atom. The SMILES string of the molecule is CCOc1ccc(-c2nc([C@H]3CC(=O)N(c4ccc(C)cc4)C3)no2)cc1OCC. The number of anilines is 1. The molecule has 0 N–H and O–H groups in total. The van der Waals surface area contributed by atoms with Crippen molar-refractivity contribution in [3.05, 3.63) is 53.9 Å². The fourth-order valence-electron chi connectivity index (χ4n) is 3.56. The number of hydrogen-bond donors (Lipinski definition) is 0. The summed E-state index contributed by atoms with van der Waals surface area (Å²) in [5.41, 5.74) is 2.80. The van der Waals surface area contributed by atoms with Crippen LogP contribution < -0.4 is 14.4 Å². The van der Waals surface area contributed by atoms with Gasteiger partial charge in [-0.2, -0.15) is 4.98 Å². The lowest BCUT2D eigenvalue weighted by molar-refractivity contribution is -0.117. The monoisotopic (exact) mass is 407 g/mol. The van der Waals surface area contributed by atoms with E-state index in [0.29, 0.717) is 49.4 Å². The third-order valence-electron chi connectivity index (χ3n) is 5.07. The molecule has 1 saturated heterocycles. The van der Waals surface area contributed by atoms with Gasteiger partial charge in [-0.15, -0.1) is 0 Å². The van der Waals surface area contributed by atoms with E-state index in [2.05, 4.69) is 10.1 Å². The molecule has 1 aliphatic rings. The summed E-state index contributed by atoms with van der Waals surface area (Å²) in [5.74, 6) is 2.21. The average Bonchev–Trinajstić information content (AvgIpc) is 3.37. The van der Waals surface area contributed by atoms with Crippen LogP contribution in [0.3, 0.4) is 0 Å². The van der Waals surface area contributed by atoms with E-state index in [4.69, 9.17) is 14.0 Å². The molecule has 4 rings (SSSR count). The van der Waals surface area contributed by atoms with Crippen LogP contribution in [-0.2, 0) is 4.79 Å². The Kier molecular flexibility index (Phi) is 5.70. The molecule has 30 heavy (non-hydrogen) atoms. The van der Waals surface area contributed by atoms with Crippen molar-refractivity contribution in [2.24, 2.45) is 0 Å². The average molecular weight is 407 g/mol. The van der Waals surface area contributed by atoms with E-state index in [1.807, 2.05) is 63.2 Å². The summed E-state index contributed by atoms with van der Waals surface area (Å²) in [4.78, 5) is 18.9. The number of aromatic nitrogens is 2. The fraction of sp³-hybridized carbons (Fsp3) is 0.348. The molecule has 156 valence electrons. The highest BCUT2D eigenvalue weighted by Crippen LogP contribution is 2.34. The predicted octanol–water partition coefficient (Wildman–Crippen LogP) is 4.36.